The minimum Gasteiger partial charge on any atom is -0.481 e. The SMILES string of the molecule is O=NC(=O)C(Cl)CC(=O)O. The molecular weight excluding hydrogens is 162 g/mol. The van der Waals surface area contributed by atoms with Crippen LogP contribution in [0, 0.1) is 4.91 Å². The number of halogens is 1. The Labute approximate surface area is 60.9 Å². The van der Waals surface area contributed by atoms with E-state index >= 15 is 0 Å². The second-order valence-electron chi connectivity index (χ2n) is 1.49. The van der Waals surface area contributed by atoms with Gasteiger partial charge in [0.1, 0.15) is 5.38 Å². The molecule has 6 heteroatoms. The van der Waals surface area contributed by atoms with Crippen molar-refractivity contribution in [2.45, 2.75) is 11.8 Å². The number of nitrogens with zero attached hydrogens (tertiary/aromatic N) is 1. The van der Waals surface area contributed by atoms with Gasteiger partial charge < -0.3 is 5.11 Å². The fraction of sp³-hybridized carbons (Fsp3) is 0.500. The van der Waals surface area contributed by atoms with Crippen molar-refractivity contribution in [3.8, 4) is 0 Å². The summed E-state index contributed by atoms with van der Waals surface area (Å²) in [5.41, 5.74) is 0. The average Bonchev–Trinajstić information content (AvgIpc) is 1.85. The second-order valence-corrected chi connectivity index (χ2v) is 2.02. The molecule has 0 saturated carbocycles. The van der Waals surface area contributed by atoms with Crippen LogP contribution >= 0.6 is 11.6 Å². The summed E-state index contributed by atoms with van der Waals surface area (Å²) in [5, 5.41) is 8.67. The van der Waals surface area contributed by atoms with Crippen molar-refractivity contribution in [2.75, 3.05) is 0 Å². The first-order valence-electron chi connectivity index (χ1n) is 2.31. The highest BCUT2D eigenvalue weighted by molar-refractivity contribution is 6.31. The molecule has 0 aromatic heterocycles. The molecule has 0 bridgehead atoms. The number of nitroso groups, excluding NO2 is 1. The standard InChI is InChI=1S/C4H4ClNO4/c5-2(1-3(7)8)4(9)6-10/h2H,1H2,(H,7,8). The number of alkyl halides is 1. The predicted molar refractivity (Wildman–Crippen MR) is 32.7 cm³/mol. The van der Waals surface area contributed by atoms with Gasteiger partial charge in [-0.1, -0.05) is 0 Å². The molecule has 1 N–H and O–H groups in total. The van der Waals surface area contributed by atoms with Crippen LogP contribution in [-0.4, -0.2) is 22.4 Å². The minimum absolute atomic E-state index is 0.577. The first-order valence-corrected chi connectivity index (χ1v) is 2.74. The van der Waals surface area contributed by atoms with E-state index in [-0.39, 0.29) is 0 Å². The first kappa shape index (κ1) is 9.03. The molecule has 1 unspecified atom stereocenters. The Balaban J connectivity index is 3.84. The van der Waals surface area contributed by atoms with Gasteiger partial charge in [0.05, 0.1) is 6.42 Å². The van der Waals surface area contributed by atoms with Crippen LogP contribution in [0.3, 0.4) is 0 Å². The topological polar surface area (TPSA) is 83.8 Å². The molecule has 0 radical (unpaired) electrons. The number of aliphatic carboxylic acids is 1. The molecule has 0 heterocycles. The van der Waals surface area contributed by atoms with Crippen molar-refractivity contribution < 1.29 is 14.7 Å². The molecule has 0 aromatic carbocycles. The molecular formula is C4H4ClNO4. The molecule has 1 amide bonds. The van der Waals surface area contributed by atoms with E-state index in [1.807, 2.05) is 5.18 Å². The molecule has 10 heavy (non-hydrogen) atoms. The van der Waals surface area contributed by atoms with Crippen molar-refractivity contribution in [1.82, 2.24) is 0 Å². The van der Waals surface area contributed by atoms with Gasteiger partial charge in [-0.2, -0.15) is 0 Å². The van der Waals surface area contributed by atoms with Gasteiger partial charge in [-0.05, 0) is 0 Å². The lowest BCUT2D eigenvalue weighted by atomic mass is 10.3. The van der Waals surface area contributed by atoms with Gasteiger partial charge in [0.15, 0.2) is 0 Å². The molecule has 0 fully saturated rings. The van der Waals surface area contributed by atoms with E-state index in [4.69, 9.17) is 16.7 Å². The van der Waals surface area contributed by atoms with Gasteiger partial charge in [0.2, 0.25) is 0 Å². The summed E-state index contributed by atoms with van der Waals surface area (Å²) in [5.74, 6) is -2.39. The maximum absolute atomic E-state index is 10.2. The van der Waals surface area contributed by atoms with E-state index < -0.39 is 23.7 Å². The van der Waals surface area contributed by atoms with Crippen LogP contribution in [0.5, 0.6) is 0 Å². The highest BCUT2D eigenvalue weighted by Crippen LogP contribution is 2.03. The third kappa shape index (κ3) is 3.13. The molecule has 1 atom stereocenters. The van der Waals surface area contributed by atoms with Crippen molar-refractivity contribution in [1.29, 1.82) is 0 Å². The molecule has 0 rings (SSSR count). The molecule has 0 aromatic rings. The first-order chi connectivity index (χ1) is 4.57. The van der Waals surface area contributed by atoms with Gasteiger partial charge in [-0.15, -0.1) is 16.5 Å². The Hall–Kier alpha value is -0.970. The summed E-state index contributed by atoms with van der Waals surface area (Å²) in [6, 6.07) is 0. The maximum atomic E-state index is 10.2. The lowest BCUT2D eigenvalue weighted by Crippen LogP contribution is -2.15. The Morgan fingerprint density at radius 1 is 1.60 bits per heavy atom. The summed E-state index contributed by atoms with van der Waals surface area (Å²) < 4.78 is 0. The minimum atomic E-state index is -1.34. The van der Waals surface area contributed by atoms with Gasteiger partial charge in [-0.3, -0.25) is 9.59 Å². The highest BCUT2D eigenvalue weighted by atomic mass is 35.5. The molecule has 0 aliphatic rings. The Bertz CT molecular complexity index is 169. The average molecular weight is 166 g/mol. The predicted octanol–water partition coefficient (Wildman–Crippen LogP) is 0.361. The zero-order valence-corrected chi connectivity index (χ0v) is 5.54. The number of carboxylic acid groups (broad SMARTS) is 1. The van der Waals surface area contributed by atoms with Crippen LogP contribution in [0.4, 0.5) is 0 Å². The van der Waals surface area contributed by atoms with Crippen molar-refractivity contribution in [2.24, 2.45) is 5.18 Å². The van der Waals surface area contributed by atoms with Crippen molar-refractivity contribution >= 4 is 23.5 Å². The monoisotopic (exact) mass is 165 g/mol. The highest BCUT2D eigenvalue weighted by Gasteiger charge is 2.18. The van der Waals surface area contributed by atoms with E-state index in [9.17, 15) is 14.5 Å². The van der Waals surface area contributed by atoms with Gasteiger partial charge >= 0.3 is 11.9 Å². The molecule has 0 saturated heterocycles. The number of hydrogen-bond acceptors (Lipinski definition) is 3. The maximum Gasteiger partial charge on any atom is 0.305 e. The van der Waals surface area contributed by atoms with E-state index in [0.717, 1.165) is 0 Å². The third-order valence-electron chi connectivity index (χ3n) is 0.712. The third-order valence-corrected chi connectivity index (χ3v) is 1.05. The van der Waals surface area contributed by atoms with Crippen LogP contribution < -0.4 is 0 Å². The molecule has 0 spiro atoms. The van der Waals surface area contributed by atoms with Crippen LogP contribution in [0.1, 0.15) is 6.42 Å². The summed E-state index contributed by atoms with van der Waals surface area (Å²) in [4.78, 5) is 29.5. The van der Waals surface area contributed by atoms with E-state index in [1.165, 1.54) is 0 Å². The fourth-order valence-corrected chi connectivity index (χ4v) is 0.470. The number of hydrogen-bond donors (Lipinski definition) is 1. The number of carbonyl (C=O) groups is 2. The fourth-order valence-electron chi connectivity index (χ4n) is 0.298. The van der Waals surface area contributed by atoms with Crippen molar-refractivity contribution in [3.05, 3.63) is 4.91 Å². The quantitative estimate of drug-likeness (QED) is 0.484. The smallest absolute Gasteiger partial charge is 0.305 e. The normalized spacial score (nSPS) is 12.1. The number of carboxylic acids is 1. The zero-order valence-electron chi connectivity index (χ0n) is 4.78. The summed E-state index contributed by atoms with van der Waals surface area (Å²) >= 11 is 5.10. The Morgan fingerprint density at radius 2 is 2.10 bits per heavy atom. The lowest BCUT2D eigenvalue weighted by Gasteiger charge is -1.95. The van der Waals surface area contributed by atoms with E-state index in [2.05, 4.69) is 0 Å². The zero-order chi connectivity index (χ0) is 8.15. The Morgan fingerprint density at radius 3 is 2.40 bits per heavy atom. The van der Waals surface area contributed by atoms with Crippen molar-refractivity contribution in [3.63, 3.8) is 0 Å². The summed E-state index contributed by atoms with van der Waals surface area (Å²) in [6.45, 7) is 0. The molecule has 5 nitrogen and oxygen atoms in total. The molecule has 56 valence electrons. The van der Waals surface area contributed by atoms with Gasteiger partial charge in [-0.25, -0.2) is 0 Å². The van der Waals surface area contributed by atoms with Gasteiger partial charge in [0, 0.05) is 5.18 Å². The van der Waals surface area contributed by atoms with E-state index in [1.54, 1.807) is 0 Å². The Kier molecular flexibility index (Phi) is 3.56. The second kappa shape index (κ2) is 3.94. The van der Waals surface area contributed by atoms with Crippen LogP contribution in [0.15, 0.2) is 5.18 Å². The lowest BCUT2D eigenvalue weighted by molar-refractivity contribution is -0.138. The largest absolute Gasteiger partial charge is 0.481 e. The van der Waals surface area contributed by atoms with Crippen LogP contribution in [0.25, 0.3) is 0 Å². The van der Waals surface area contributed by atoms with Crippen LogP contribution in [0.2, 0.25) is 0 Å². The van der Waals surface area contributed by atoms with E-state index in [0.29, 0.717) is 0 Å². The molecule has 0 aliphatic carbocycles. The number of amides is 1. The van der Waals surface area contributed by atoms with Gasteiger partial charge in [0.25, 0.3) is 0 Å². The van der Waals surface area contributed by atoms with Crippen LogP contribution in [-0.2, 0) is 9.59 Å². The number of carbonyl (C=O) groups excluding carboxylic acids is 1. The number of rotatable bonds is 3. The summed E-state index contributed by atoms with van der Waals surface area (Å²) in [6.07, 6.45) is -0.577. The molecule has 0 aliphatic heterocycles. The summed E-state index contributed by atoms with van der Waals surface area (Å²) in [7, 11) is 0.